The van der Waals surface area contributed by atoms with Gasteiger partial charge in [-0.25, -0.2) is 4.98 Å². The van der Waals surface area contributed by atoms with Crippen LogP contribution in [-0.4, -0.2) is 39.6 Å². The van der Waals surface area contributed by atoms with Crippen molar-refractivity contribution in [2.24, 2.45) is 5.73 Å². The van der Waals surface area contributed by atoms with Gasteiger partial charge in [0.25, 0.3) is 0 Å². The molecule has 8 nitrogen and oxygen atoms in total. The summed E-state index contributed by atoms with van der Waals surface area (Å²) in [5.74, 6) is -1.10. The minimum Gasteiger partial charge on any atom is -0.480 e. The number of nitrogens with zero attached hydrogens (tertiary/aromatic N) is 3. The number of thiazole rings is 1. The molecule has 2 heterocycles. The molecule has 0 saturated carbocycles. The second kappa shape index (κ2) is 4.64. The van der Waals surface area contributed by atoms with E-state index >= 15 is 0 Å². The standard InChI is InChI=1S/C12H12N4O4S/c13-12(11(17)18)3-4-15(5-12)7-1-2-8-9(14-6-21-8)10(7)16(19)20/h1-2,6H,3-5,13H2,(H,17,18). The van der Waals surface area contributed by atoms with Crippen molar-refractivity contribution >= 4 is 38.9 Å². The molecule has 3 N–H and O–H groups in total. The van der Waals surface area contributed by atoms with E-state index in [4.69, 9.17) is 10.8 Å². The second-order valence-corrected chi connectivity index (χ2v) is 5.91. The van der Waals surface area contributed by atoms with Gasteiger partial charge in [0.15, 0.2) is 5.52 Å². The monoisotopic (exact) mass is 308 g/mol. The van der Waals surface area contributed by atoms with Crippen LogP contribution in [0.4, 0.5) is 11.4 Å². The number of anilines is 1. The smallest absolute Gasteiger partial charge is 0.325 e. The summed E-state index contributed by atoms with van der Waals surface area (Å²) in [4.78, 5) is 27.8. The van der Waals surface area contributed by atoms with Gasteiger partial charge in [-0.15, -0.1) is 11.3 Å². The van der Waals surface area contributed by atoms with Crippen molar-refractivity contribution in [1.82, 2.24) is 4.98 Å². The third kappa shape index (κ3) is 2.10. The average Bonchev–Trinajstić information content (AvgIpc) is 3.04. The van der Waals surface area contributed by atoms with Gasteiger partial charge in [0.05, 0.1) is 15.1 Å². The van der Waals surface area contributed by atoms with Crippen LogP contribution in [0.3, 0.4) is 0 Å². The van der Waals surface area contributed by atoms with Crippen molar-refractivity contribution in [1.29, 1.82) is 0 Å². The highest BCUT2D eigenvalue weighted by Crippen LogP contribution is 2.38. The van der Waals surface area contributed by atoms with Crippen molar-refractivity contribution in [3.05, 3.63) is 27.8 Å². The lowest BCUT2D eigenvalue weighted by atomic mass is 10.0. The molecule has 0 spiro atoms. The van der Waals surface area contributed by atoms with Crippen LogP contribution < -0.4 is 10.6 Å². The Bertz CT molecular complexity index is 746. The summed E-state index contributed by atoms with van der Waals surface area (Å²) in [6.45, 7) is 0.401. The van der Waals surface area contributed by atoms with Gasteiger partial charge in [0.1, 0.15) is 11.2 Å². The predicted molar refractivity (Wildman–Crippen MR) is 77.7 cm³/mol. The molecule has 1 aromatic heterocycles. The maximum Gasteiger partial charge on any atom is 0.325 e. The number of nitro groups is 1. The fourth-order valence-corrected chi connectivity index (χ4v) is 3.23. The largest absolute Gasteiger partial charge is 0.480 e. The van der Waals surface area contributed by atoms with E-state index in [2.05, 4.69) is 4.98 Å². The number of aromatic nitrogens is 1. The highest BCUT2D eigenvalue weighted by atomic mass is 32.1. The van der Waals surface area contributed by atoms with E-state index in [-0.39, 0.29) is 18.7 Å². The van der Waals surface area contributed by atoms with E-state index in [1.165, 1.54) is 11.3 Å². The van der Waals surface area contributed by atoms with Gasteiger partial charge < -0.3 is 15.7 Å². The maximum absolute atomic E-state index is 11.4. The Morgan fingerprint density at radius 1 is 1.57 bits per heavy atom. The van der Waals surface area contributed by atoms with E-state index in [1.54, 1.807) is 22.5 Å². The topological polar surface area (TPSA) is 123 Å². The molecular formula is C12H12N4O4S. The lowest BCUT2D eigenvalue weighted by molar-refractivity contribution is -0.382. The first-order chi connectivity index (χ1) is 9.92. The van der Waals surface area contributed by atoms with Crippen LogP contribution in [0.2, 0.25) is 0 Å². The highest BCUT2D eigenvalue weighted by molar-refractivity contribution is 7.16. The summed E-state index contributed by atoms with van der Waals surface area (Å²) in [6, 6.07) is 3.39. The van der Waals surface area contributed by atoms with Gasteiger partial charge in [-0.3, -0.25) is 14.9 Å². The molecule has 3 rings (SSSR count). The molecule has 1 fully saturated rings. The summed E-state index contributed by atoms with van der Waals surface area (Å²) < 4.78 is 0.724. The minimum absolute atomic E-state index is 0.0405. The molecular weight excluding hydrogens is 296 g/mol. The SMILES string of the molecule is NC1(C(=O)O)CCN(c2ccc3scnc3c2[N+](=O)[O-])C1. The molecule has 110 valence electrons. The van der Waals surface area contributed by atoms with Crippen molar-refractivity contribution in [2.45, 2.75) is 12.0 Å². The fraction of sp³-hybridized carbons (Fsp3) is 0.333. The molecule has 9 heteroatoms. The lowest BCUT2D eigenvalue weighted by Gasteiger charge is -2.21. The molecule has 0 amide bonds. The molecule has 1 atom stereocenters. The summed E-state index contributed by atoms with van der Waals surface area (Å²) in [6.07, 6.45) is 0.245. The van der Waals surface area contributed by atoms with Gasteiger partial charge in [-0.2, -0.15) is 0 Å². The quantitative estimate of drug-likeness (QED) is 0.645. The Hall–Kier alpha value is -2.26. The van der Waals surface area contributed by atoms with Crippen LogP contribution in [0.1, 0.15) is 6.42 Å². The number of rotatable bonds is 3. The summed E-state index contributed by atoms with van der Waals surface area (Å²) in [7, 11) is 0. The third-order valence-corrected chi connectivity index (χ3v) is 4.50. The van der Waals surface area contributed by atoms with Crippen LogP contribution in [0, 0.1) is 10.1 Å². The van der Waals surface area contributed by atoms with Crippen molar-refractivity contribution in [3.63, 3.8) is 0 Å². The number of carbonyl (C=O) groups is 1. The number of hydrogen-bond acceptors (Lipinski definition) is 7. The third-order valence-electron chi connectivity index (χ3n) is 3.70. The molecule has 1 unspecified atom stereocenters. The molecule has 21 heavy (non-hydrogen) atoms. The number of carboxylic acid groups (broad SMARTS) is 1. The van der Waals surface area contributed by atoms with Crippen LogP contribution in [-0.2, 0) is 4.79 Å². The van der Waals surface area contributed by atoms with Crippen molar-refractivity contribution in [3.8, 4) is 0 Å². The average molecular weight is 308 g/mol. The molecule has 1 aliphatic rings. The Morgan fingerprint density at radius 2 is 2.33 bits per heavy atom. The summed E-state index contributed by atoms with van der Waals surface area (Å²) in [5, 5.41) is 20.5. The van der Waals surface area contributed by atoms with Crippen LogP contribution in [0.25, 0.3) is 10.2 Å². The van der Waals surface area contributed by atoms with E-state index < -0.39 is 16.4 Å². The number of carboxylic acids is 1. The van der Waals surface area contributed by atoms with Crippen LogP contribution >= 0.6 is 11.3 Å². The number of nitrogens with two attached hydrogens (primary N) is 1. The van der Waals surface area contributed by atoms with Crippen LogP contribution in [0.15, 0.2) is 17.6 Å². The zero-order chi connectivity index (χ0) is 15.2. The first-order valence-corrected chi connectivity index (χ1v) is 7.08. The summed E-state index contributed by atoms with van der Waals surface area (Å²) >= 11 is 1.32. The Balaban J connectivity index is 2.07. The predicted octanol–water partition coefficient (Wildman–Crippen LogP) is 1.20. The first-order valence-electron chi connectivity index (χ1n) is 6.20. The lowest BCUT2D eigenvalue weighted by Crippen LogP contribution is -2.50. The normalized spacial score (nSPS) is 21.9. The Labute approximate surface area is 123 Å². The highest BCUT2D eigenvalue weighted by Gasteiger charge is 2.43. The van der Waals surface area contributed by atoms with E-state index in [9.17, 15) is 14.9 Å². The van der Waals surface area contributed by atoms with E-state index in [0.29, 0.717) is 17.7 Å². The van der Waals surface area contributed by atoms with Gasteiger partial charge in [0.2, 0.25) is 0 Å². The van der Waals surface area contributed by atoms with Crippen molar-refractivity contribution < 1.29 is 14.8 Å². The number of nitro benzene ring substituents is 1. The molecule has 1 aliphatic heterocycles. The second-order valence-electron chi connectivity index (χ2n) is 5.02. The molecule has 0 bridgehead atoms. The van der Waals surface area contributed by atoms with Crippen LogP contribution in [0.5, 0.6) is 0 Å². The Kier molecular flexibility index (Phi) is 3.03. The van der Waals surface area contributed by atoms with Gasteiger partial charge in [-0.1, -0.05) is 0 Å². The molecule has 1 aromatic carbocycles. The number of hydrogen-bond donors (Lipinski definition) is 2. The van der Waals surface area contributed by atoms with E-state index in [1.807, 2.05) is 0 Å². The zero-order valence-electron chi connectivity index (χ0n) is 10.9. The Morgan fingerprint density at radius 3 is 2.95 bits per heavy atom. The first kappa shape index (κ1) is 13.7. The van der Waals surface area contributed by atoms with Crippen molar-refractivity contribution in [2.75, 3.05) is 18.0 Å². The van der Waals surface area contributed by atoms with Gasteiger partial charge in [-0.05, 0) is 18.6 Å². The molecule has 0 radical (unpaired) electrons. The molecule has 0 aliphatic carbocycles. The zero-order valence-corrected chi connectivity index (χ0v) is 11.7. The number of aliphatic carboxylic acids is 1. The fourth-order valence-electron chi connectivity index (χ4n) is 2.55. The maximum atomic E-state index is 11.4. The molecule has 1 saturated heterocycles. The molecule has 2 aromatic rings. The number of fused-ring (bicyclic) bond motifs is 1. The minimum atomic E-state index is -1.37. The summed E-state index contributed by atoms with van der Waals surface area (Å²) in [5.41, 5.74) is 6.60. The number of benzene rings is 1. The van der Waals surface area contributed by atoms with Gasteiger partial charge in [0, 0.05) is 13.1 Å². The van der Waals surface area contributed by atoms with Gasteiger partial charge >= 0.3 is 11.7 Å². The van der Waals surface area contributed by atoms with E-state index in [0.717, 1.165) is 4.70 Å².